The normalized spacial score (nSPS) is 12.5. The van der Waals surface area contributed by atoms with Crippen LogP contribution >= 0.6 is 105 Å². The molecule has 0 atom stereocenters. The summed E-state index contributed by atoms with van der Waals surface area (Å²) in [6.07, 6.45) is 0. The van der Waals surface area contributed by atoms with E-state index in [0.717, 1.165) is 11.8 Å². The maximum atomic E-state index is 6.40. The Kier molecular flexibility index (Phi) is 6.91. The largest absolute Gasteiger partial charge is 0.192 e. The molecule has 0 spiro atoms. The lowest BCUT2D eigenvalue weighted by molar-refractivity contribution is 1.19. The summed E-state index contributed by atoms with van der Waals surface area (Å²) in [7, 11) is 0. The molecule has 0 heterocycles. The summed E-state index contributed by atoms with van der Waals surface area (Å²) in [5.74, 6) is 0. The molecule has 2 aromatic rings. The molecule has 2 rings (SSSR count). The molecule has 0 radical (unpaired) electrons. The fraction of sp³-hybridized carbons (Fsp3) is 0.143. The van der Waals surface area contributed by atoms with Gasteiger partial charge in [0, 0.05) is 31.2 Å². The SMILES string of the molecule is Clc1ccc(C(Cl)(Cl)SC(Cl)(Cl)c2ccc(Cl)cc2Cl)c(Cl)c1. The quantitative estimate of drug-likeness (QED) is 0.386. The zero-order valence-corrected chi connectivity index (χ0v) is 17.8. The molecular formula is C14H6Cl8S. The third-order valence-corrected chi connectivity index (χ3v) is 6.53. The molecule has 0 saturated heterocycles. The molecule has 2 aromatic carbocycles. The van der Waals surface area contributed by atoms with Gasteiger partial charge in [0.2, 0.25) is 0 Å². The predicted molar refractivity (Wildman–Crippen MR) is 107 cm³/mol. The van der Waals surface area contributed by atoms with E-state index in [0.29, 0.717) is 31.2 Å². The molecule has 0 nitrogen and oxygen atoms in total. The van der Waals surface area contributed by atoms with Gasteiger partial charge in [-0.05, 0) is 24.3 Å². The Labute approximate surface area is 178 Å². The van der Waals surface area contributed by atoms with E-state index in [2.05, 4.69) is 0 Å². The van der Waals surface area contributed by atoms with Crippen LogP contribution in [0.4, 0.5) is 0 Å². The first-order valence-electron chi connectivity index (χ1n) is 5.90. The van der Waals surface area contributed by atoms with Crippen LogP contribution in [-0.2, 0) is 7.33 Å². The van der Waals surface area contributed by atoms with Crippen molar-refractivity contribution >= 4 is 105 Å². The van der Waals surface area contributed by atoms with E-state index in [1.54, 1.807) is 24.3 Å². The van der Waals surface area contributed by atoms with Gasteiger partial charge in [0.05, 0.1) is 0 Å². The van der Waals surface area contributed by atoms with Gasteiger partial charge in [-0.2, -0.15) is 0 Å². The number of thioether (sulfide) groups is 1. The average molecular weight is 490 g/mol. The van der Waals surface area contributed by atoms with Crippen molar-refractivity contribution in [3.8, 4) is 0 Å². The predicted octanol–water partition coefficient (Wildman–Crippen LogP) is 8.91. The van der Waals surface area contributed by atoms with Crippen molar-refractivity contribution in [3.63, 3.8) is 0 Å². The fourth-order valence-electron chi connectivity index (χ4n) is 1.72. The van der Waals surface area contributed by atoms with E-state index in [1.165, 1.54) is 12.1 Å². The molecule has 0 amide bonds. The Balaban J connectivity index is 2.37. The number of benzene rings is 2. The molecule has 0 bridgehead atoms. The lowest BCUT2D eigenvalue weighted by Crippen LogP contribution is -2.16. The van der Waals surface area contributed by atoms with Crippen molar-refractivity contribution < 1.29 is 0 Å². The summed E-state index contributed by atoms with van der Waals surface area (Å²) >= 11 is 50.5. The Morgan fingerprint density at radius 3 is 1.26 bits per heavy atom. The van der Waals surface area contributed by atoms with Crippen LogP contribution in [0.3, 0.4) is 0 Å². The molecule has 0 aromatic heterocycles. The van der Waals surface area contributed by atoms with E-state index < -0.39 is 7.33 Å². The summed E-state index contributed by atoms with van der Waals surface area (Å²) in [6, 6.07) is 9.48. The number of alkyl halides is 4. The van der Waals surface area contributed by atoms with Gasteiger partial charge >= 0.3 is 0 Å². The van der Waals surface area contributed by atoms with Crippen LogP contribution in [0, 0.1) is 0 Å². The Hall–Kier alpha value is 1.11. The molecular weight excluding hydrogens is 484 g/mol. The van der Waals surface area contributed by atoms with E-state index in [1.807, 2.05) is 0 Å². The van der Waals surface area contributed by atoms with E-state index in [9.17, 15) is 0 Å². The molecule has 0 N–H and O–H groups in total. The second-order valence-corrected chi connectivity index (χ2v) is 11.1. The summed E-state index contributed by atoms with van der Waals surface area (Å²) in [5, 5.41) is 1.50. The molecule has 0 saturated carbocycles. The third-order valence-electron chi connectivity index (χ3n) is 2.75. The van der Waals surface area contributed by atoms with Gasteiger partial charge in [0.25, 0.3) is 0 Å². The highest BCUT2D eigenvalue weighted by molar-refractivity contribution is 8.05. The van der Waals surface area contributed by atoms with Gasteiger partial charge in [-0.3, -0.25) is 0 Å². The number of hydrogen-bond acceptors (Lipinski definition) is 1. The zero-order valence-electron chi connectivity index (χ0n) is 10.9. The van der Waals surface area contributed by atoms with Crippen molar-refractivity contribution in [1.29, 1.82) is 0 Å². The molecule has 9 heteroatoms. The average Bonchev–Trinajstić information content (AvgIpc) is 2.35. The van der Waals surface area contributed by atoms with Crippen LogP contribution in [0.25, 0.3) is 0 Å². The number of rotatable bonds is 4. The highest BCUT2D eigenvalue weighted by Crippen LogP contribution is 2.60. The summed E-state index contributed by atoms with van der Waals surface area (Å²) in [6.45, 7) is 0. The lowest BCUT2D eigenvalue weighted by atomic mass is 10.2. The summed E-state index contributed by atoms with van der Waals surface area (Å²) in [4.78, 5) is 0. The Morgan fingerprint density at radius 1 is 0.609 bits per heavy atom. The first-order valence-corrected chi connectivity index (χ1v) is 9.74. The van der Waals surface area contributed by atoms with Crippen LogP contribution in [0.15, 0.2) is 36.4 Å². The minimum atomic E-state index is -1.53. The highest BCUT2D eigenvalue weighted by atomic mass is 35.5. The first-order chi connectivity index (χ1) is 10.5. The minimum absolute atomic E-state index is 0.293. The molecule has 0 fully saturated rings. The topological polar surface area (TPSA) is 0 Å². The summed E-state index contributed by atoms with van der Waals surface area (Å²) in [5.41, 5.74) is 0.820. The van der Waals surface area contributed by atoms with Gasteiger partial charge in [0.15, 0.2) is 7.33 Å². The maximum Gasteiger partial charge on any atom is 0.192 e. The fourth-order valence-corrected chi connectivity index (χ4v) is 6.55. The van der Waals surface area contributed by atoms with Crippen molar-refractivity contribution in [2.75, 3.05) is 0 Å². The smallest absolute Gasteiger partial charge is 0.0843 e. The minimum Gasteiger partial charge on any atom is -0.0843 e. The molecule has 23 heavy (non-hydrogen) atoms. The Morgan fingerprint density at radius 2 is 0.957 bits per heavy atom. The molecule has 124 valence electrons. The van der Waals surface area contributed by atoms with Gasteiger partial charge in [-0.15, -0.1) is 0 Å². The Bertz CT molecular complexity index is 667. The van der Waals surface area contributed by atoms with Crippen molar-refractivity contribution in [1.82, 2.24) is 0 Å². The number of halogens is 8. The maximum absolute atomic E-state index is 6.40. The molecule has 0 aliphatic rings. The van der Waals surface area contributed by atoms with Gasteiger partial charge in [0.1, 0.15) is 0 Å². The van der Waals surface area contributed by atoms with Crippen molar-refractivity contribution in [2.24, 2.45) is 0 Å². The molecule has 0 aliphatic carbocycles. The van der Waals surface area contributed by atoms with E-state index in [-0.39, 0.29) is 0 Å². The number of hydrogen-bond donors (Lipinski definition) is 0. The van der Waals surface area contributed by atoms with Crippen LogP contribution in [0.2, 0.25) is 20.1 Å². The van der Waals surface area contributed by atoms with Crippen LogP contribution < -0.4 is 0 Å². The van der Waals surface area contributed by atoms with Gasteiger partial charge in [-0.1, -0.05) is 117 Å². The summed E-state index contributed by atoms with van der Waals surface area (Å²) < 4.78 is -3.07. The molecule has 0 aliphatic heterocycles. The zero-order chi connectivity index (χ0) is 17.4. The third kappa shape index (κ3) is 5.06. The van der Waals surface area contributed by atoms with Crippen LogP contribution in [0.1, 0.15) is 11.1 Å². The second kappa shape index (κ2) is 7.78. The van der Waals surface area contributed by atoms with Crippen molar-refractivity contribution in [2.45, 2.75) is 7.33 Å². The molecule has 0 unspecified atom stereocenters. The van der Waals surface area contributed by atoms with Crippen molar-refractivity contribution in [3.05, 3.63) is 67.6 Å². The van der Waals surface area contributed by atoms with Gasteiger partial charge < -0.3 is 0 Å². The second-order valence-electron chi connectivity index (χ2n) is 4.38. The first kappa shape index (κ1) is 20.4. The highest BCUT2D eigenvalue weighted by Gasteiger charge is 2.42. The van der Waals surface area contributed by atoms with E-state index >= 15 is 0 Å². The standard InChI is InChI=1S/C14H6Cl8S/c15-7-1-3-9(11(17)5-7)13(19,20)23-14(21,22)10-4-2-8(16)6-12(10)18/h1-6H. The lowest BCUT2D eigenvalue weighted by Gasteiger charge is -2.29. The van der Waals surface area contributed by atoms with Gasteiger partial charge in [-0.25, -0.2) is 0 Å². The van der Waals surface area contributed by atoms with Crippen LogP contribution in [0.5, 0.6) is 0 Å². The van der Waals surface area contributed by atoms with E-state index in [4.69, 9.17) is 92.8 Å². The van der Waals surface area contributed by atoms with Crippen LogP contribution in [-0.4, -0.2) is 0 Å². The monoisotopic (exact) mass is 486 g/mol.